The summed E-state index contributed by atoms with van der Waals surface area (Å²) in [5.41, 5.74) is 2.16. The molecule has 0 atom stereocenters. The molecular formula is C16H17N3O. The quantitative estimate of drug-likeness (QED) is 0.675. The van der Waals surface area contributed by atoms with Crippen molar-refractivity contribution in [3.63, 3.8) is 0 Å². The van der Waals surface area contributed by atoms with Crippen LogP contribution in [-0.2, 0) is 6.54 Å². The van der Waals surface area contributed by atoms with Gasteiger partial charge in [-0.3, -0.25) is 0 Å². The Morgan fingerprint density at radius 3 is 2.90 bits per heavy atom. The molecule has 0 bridgehead atoms. The van der Waals surface area contributed by atoms with Crippen molar-refractivity contribution < 1.29 is 4.74 Å². The third-order valence-electron chi connectivity index (χ3n) is 3.14. The summed E-state index contributed by atoms with van der Waals surface area (Å²) in [6, 6.07) is 13.9. The van der Waals surface area contributed by atoms with Crippen molar-refractivity contribution in [2.45, 2.75) is 6.54 Å². The Balaban J connectivity index is 1.46. The molecule has 1 aromatic carbocycles. The topological polar surface area (TPSA) is 49.9 Å². The Kier molecular flexibility index (Phi) is 3.94. The van der Waals surface area contributed by atoms with Crippen LogP contribution in [0, 0.1) is 0 Å². The van der Waals surface area contributed by atoms with Gasteiger partial charge in [0.2, 0.25) is 0 Å². The number of H-pyrrole nitrogens is 1. The predicted octanol–water partition coefficient (Wildman–Crippen LogP) is 2.73. The van der Waals surface area contributed by atoms with Gasteiger partial charge in [0.15, 0.2) is 0 Å². The van der Waals surface area contributed by atoms with Crippen molar-refractivity contribution in [1.82, 2.24) is 15.3 Å². The summed E-state index contributed by atoms with van der Waals surface area (Å²) in [7, 11) is 0. The van der Waals surface area contributed by atoms with Gasteiger partial charge < -0.3 is 15.0 Å². The van der Waals surface area contributed by atoms with E-state index in [1.807, 2.05) is 42.6 Å². The van der Waals surface area contributed by atoms with E-state index in [4.69, 9.17) is 4.74 Å². The minimum Gasteiger partial charge on any atom is -0.492 e. The van der Waals surface area contributed by atoms with Gasteiger partial charge in [0.1, 0.15) is 18.0 Å². The smallest absolute Gasteiger partial charge is 0.137 e. The number of aromatic amines is 1. The first-order valence-corrected chi connectivity index (χ1v) is 6.73. The van der Waals surface area contributed by atoms with E-state index in [9.17, 15) is 0 Å². The van der Waals surface area contributed by atoms with Crippen LogP contribution in [0.2, 0.25) is 0 Å². The highest BCUT2D eigenvalue weighted by atomic mass is 16.5. The van der Waals surface area contributed by atoms with E-state index in [0.29, 0.717) is 6.61 Å². The van der Waals surface area contributed by atoms with E-state index in [-0.39, 0.29) is 0 Å². The monoisotopic (exact) mass is 267 g/mol. The number of hydrogen-bond donors (Lipinski definition) is 2. The van der Waals surface area contributed by atoms with E-state index >= 15 is 0 Å². The standard InChI is InChI=1S/C16H17N3O/c1-2-5-14(6-3-1)20-10-9-17-11-13-12-19-16-15(13)7-4-8-18-16/h1-8,12,17H,9-11H2,(H,18,19). The first-order valence-electron chi connectivity index (χ1n) is 6.73. The summed E-state index contributed by atoms with van der Waals surface area (Å²) in [6.45, 7) is 2.27. The van der Waals surface area contributed by atoms with E-state index in [1.165, 1.54) is 10.9 Å². The van der Waals surface area contributed by atoms with E-state index in [0.717, 1.165) is 24.5 Å². The molecule has 0 spiro atoms. The van der Waals surface area contributed by atoms with E-state index in [1.54, 1.807) is 6.20 Å². The minimum absolute atomic E-state index is 0.657. The zero-order valence-electron chi connectivity index (χ0n) is 11.2. The second kappa shape index (κ2) is 6.21. The van der Waals surface area contributed by atoms with Crippen LogP contribution >= 0.6 is 0 Å². The maximum atomic E-state index is 5.63. The summed E-state index contributed by atoms with van der Waals surface area (Å²) >= 11 is 0. The van der Waals surface area contributed by atoms with Gasteiger partial charge in [-0.2, -0.15) is 0 Å². The molecule has 3 rings (SSSR count). The van der Waals surface area contributed by atoms with Crippen molar-refractivity contribution in [2.75, 3.05) is 13.2 Å². The van der Waals surface area contributed by atoms with Gasteiger partial charge >= 0.3 is 0 Å². The van der Waals surface area contributed by atoms with Gasteiger partial charge in [-0.25, -0.2) is 4.98 Å². The highest BCUT2D eigenvalue weighted by molar-refractivity contribution is 5.79. The molecule has 2 N–H and O–H groups in total. The van der Waals surface area contributed by atoms with Crippen LogP contribution in [0.3, 0.4) is 0 Å². The molecule has 20 heavy (non-hydrogen) atoms. The third kappa shape index (κ3) is 2.97. The first-order chi connectivity index (χ1) is 9.93. The molecule has 0 aliphatic rings. The average Bonchev–Trinajstić information content (AvgIpc) is 2.91. The van der Waals surface area contributed by atoms with E-state index < -0.39 is 0 Å². The molecule has 0 radical (unpaired) electrons. The van der Waals surface area contributed by atoms with Crippen molar-refractivity contribution in [3.05, 3.63) is 60.4 Å². The van der Waals surface area contributed by atoms with Crippen LogP contribution in [0.5, 0.6) is 5.75 Å². The van der Waals surface area contributed by atoms with Crippen LogP contribution in [0.25, 0.3) is 11.0 Å². The molecule has 0 amide bonds. The number of para-hydroxylation sites is 1. The molecule has 0 saturated heterocycles. The van der Waals surface area contributed by atoms with Gasteiger partial charge in [-0.1, -0.05) is 18.2 Å². The van der Waals surface area contributed by atoms with Crippen LogP contribution in [0.1, 0.15) is 5.56 Å². The summed E-state index contributed by atoms with van der Waals surface area (Å²) < 4.78 is 5.63. The number of pyridine rings is 1. The Bertz CT molecular complexity index is 664. The number of ether oxygens (including phenoxy) is 1. The summed E-state index contributed by atoms with van der Waals surface area (Å²) in [5.74, 6) is 0.908. The van der Waals surface area contributed by atoms with Crippen molar-refractivity contribution in [1.29, 1.82) is 0 Å². The third-order valence-corrected chi connectivity index (χ3v) is 3.14. The lowest BCUT2D eigenvalue weighted by atomic mass is 10.2. The lowest BCUT2D eigenvalue weighted by molar-refractivity contribution is 0.314. The number of hydrogen-bond acceptors (Lipinski definition) is 3. The second-order valence-corrected chi connectivity index (χ2v) is 4.55. The van der Waals surface area contributed by atoms with Gasteiger partial charge in [-0.05, 0) is 29.8 Å². The molecule has 2 heterocycles. The lowest BCUT2D eigenvalue weighted by Crippen LogP contribution is -2.20. The zero-order chi connectivity index (χ0) is 13.6. The Labute approximate surface area is 117 Å². The molecule has 4 nitrogen and oxygen atoms in total. The van der Waals surface area contributed by atoms with Crippen LogP contribution in [0.15, 0.2) is 54.9 Å². The zero-order valence-corrected chi connectivity index (χ0v) is 11.2. The number of benzene rings is 1. The number of aromatic nitrogens is 2. The summed E-state index contributed by atoms with van der Waals surface area (Å²) in [6.07, 6.45) is 3.80. The largest absolute Gasteiger partial charge is 0.492 e. The van der Waals surface area contributed by atoms with Gasteiger partial charge in [-0.15, -0.1) is 0 Å². The van der Waals surface area contributed by atoms with Crippen LogP contribution in [0.4, 0.5) is 0 Å². The number of fused-ring (bicyclic) bond motifs is 1. The van der Waals surface area contributed by atoms with Crippen molar-refractivity contribution in [2.24, 2.45) is 0 Å². The molecule has 4 heteroatoms. The SMILES string of the molecule is c1ccc(OCCNCc2c[nH]c3ncccc23)cc1. The molecule has 0 fully saturated rings. The molecule has 0 unspecified atom stereocenters. The lowest BCUT2D eigenvalue weighted by Gasteiger charge is -2.07. The highest BCUT2D eigenvalue weighted by Crippen LogP contribution is 2.15. The molecule has 3 aromatic rings. The fraction of sp³-hybridized carbons (Fsp3) is 0.188. The minimum atomic E-state index is 0.657. The maximum Gasteiger partial charge on any atom is 0.137 e. The normalized spacial score (nSPS) is 10.8. The first kappa shape index (κ1) is 12.7. The van der Waals surface area contributed by atoms with Gasteiger partial charge in [0.25, 0.3) is 0 Å². The fourth-order valence-corrected chi connectivity index (χ4v) is 2.14. The summed E-state index contributed by atoms with van der Waals surface area (Å²) in [5, 5.41) is 4.55. The molecule has 102 valence electrons. The van der Waals surface area contributed by atoms with Gasteiger partial charge in [0, 0.05) is 30.9 Å². The van der Waals surface area contributed by atoms with Crippen molar-refractivity contribution in [3.8, 4) is 5.75 Å². The molecule has 0 saturated carbocycles. The highest BCUT2D eigenvalue weighted by Gasteiger charge is 2.02. The maximum absolute atomic E-state index is 5.63. The molecule has 0 aliphatic heterocycles. The van der Waals surface area contributed by atoms with Crippen LogP contribution < -0.4 is 10.1 Å². The molecular weight excluding hydrogens is 250 g/mol. The predicted molar refractivity (Wildman–Crippen MR) is 79.7 cm³/mol. The number of nitrogens with zero attached hydrogens (tertiary/aromatic N) is 1. The van der Waals surface area contributed by atoms with Crippen LogP contribution in [-0.4, -0.2) is 23.1 Å². The fourth-order valence-electron chi connectivity index (χ4n) is 2.14. The molecule has 2 aromatic heterocycles. The Morgan fingerprint density at radius 1 is 1.10 bits per heavy atom. The summed E-state index contributed by atoms with van der Waals surface area (Å²) in [4.78, 5) is 7.45. The number of rotatable bonds is 6. The van der Waals surface area contributed by atoms with Crippen molar-refractivity contribution >= 4 is 11.0 Å². The van der Waals surface area contributed by atoms with E-state index in [2.05, 4.69) is 21.4 Å². The van der Waals surface area contributed by atoms with Gasteiger partial charge in [0.05, 0.1) is 0 Å². The second-order valence-electron chi connectivity index (χ2n) is 4.55. The molecule has 0 aliphatic carbocycles. The number of nitrogens with one attached hydrogen (secondary N) is 2. The Hall–Kier alpha value is -2.33. The average molecular weight is 267 g/mol. The Morgan fingerprint density at radius 2 is 2.00 bits per heavy atom.